The maximum atomic E-state index is 13.7. The third kappa shape index (κ3) is 3.38. The lowest BCUT2D eigenvalue weighted by atomic mass is 9.95. The van der Waals surface area contributed by atoms with Crippen LogP contribution in [0.25, 0.3) is 10.2 Å². The van der Waals surface area contributed by atoms with Crippen LogP contribution in [0.3, 0.4) is 0 Å². The lowest BCUT2D eigenvalue weighted by Crippen LogP contribution is -2.41. The monoisotopic (exact) mass is 321 g/mol. The van der Waals surface area contributed by atoms with Crippen molar-refractivity contribution in [3.8, 4) is 0 Å². The molecule has 0 radical (unpaired) electrons. The number of rotatable bonds is 4. The van der Waals surface area contributed by atoms with Gasteiger partial charge in [0.05, 0.1) is 11.2 Å². The molecule has 1 aromatic carbocycles. The SMILES string of the molecule is CN(CC(=O)NC1CCCCC1)c1nc2c(F)cccc2s1. The number of anilines is 1. The Balaban J connectivity index is 1.63. The Kier molecular flexibility index (Phi) is 4.57. The van der Waals surface area contributed by atoms with Crippen LogP contribution in [0, 0.1) is 5.82 Å². The van der Waals surface area contributed by atoms with Crippen LogP contribution < -0.4 is 10.2 Å². The summed E-state index contributed by atoms with van der Waals surface area (Å²) in [6.07, 6.45) is 5.79. The first-order valence-corrected chi connectivity index (χ1v) is 8.50. The van der Waals surface area contributed by atoms with Crippen LogP contribution in [0.4, 0.5) is 9.52 Å². The second kappa shape index (κ2) is 6.60. The first-order valence-electron chi connectivity index (χ1n) is 7.69. The van der Waals surface area contributed by atoms with Gasteiger partial charge in [-0.25, -0.2) is 9.37 Å². The average molecular weight is 321 g/mol. The lowest BCUT2D eigenvalue weighted by Gasteiger charge is -2.24. The Bertz CT molecular complexity index is 666. The van der Waals surface area contributed by atoms with E-state index in [0.29, 0.717) is 16.7 Å². The van der Waals surface area contributed by atoms with Crippen molar-refractivity contribution >= 4 is 32.6 Å². The van der Waals surface area contributed by atoms with Gasteiger partial charge in [0, 0.05) is 13.1 Å². The summed E-state index contributed by atoms with van der Waals surface area (Å²) in [5.41, 5.74) is 0.377. The molecule has 1 fully saturated rings. The fourth-order valence-corrected chi connectivity index (χ4v) is 3.81. The minimum Gasteiger partial charge on any atom is -0.352 e. The molecule has 22 heavy (non-hydrogen) atoms. The molecule has 0 saturated heterocycles. The van der Waals surface area contributed by atoms with Crippen LogP contribution in [0.15, 0.2) is 18.2 Å². The van der Waals surface area contributed by atoms with Crippen LogP contribution in [0.5, 0.6) is 0 Å². The summed E-state index contributed by atoms with van der Waals surface area (Å²) in [6.45, 7) is 0.248. The molecule has 0 spiro atoms. The second-order valence-corrected chi connectivity index (χ2v) is 6.85. The third-order valence-corrected chi connectivity index (χ3v) is 5.17. The topological polar surface area (TPSA) is 45.2 Å². The highest BCUT2D eigenvalue weighted by Crippen LogP contribution is 2.29. The van der Waals surface area contributed by atoms with Crippen molar-refractivity contribution in [2.24, 2.45) is 0 Å². The maximum absolute atomic E-state index is 13.7. The van der Waals surface area contributed by atoms with Gasteiger partial charge in [-0.05, 0) is 25.0 Å². The molecule has 118 valence electrons. The van der Waals surface area contributed by atoms with Gasteiger partial charge >= 0.3 is 0 Å². The summed E-state index contributed by atoms with van der Waals surface area (Å²) in [5.74, 6) is -0.311. The van der Waals surface area contributed by atoms with Gasteiger partial charge < -0.3 is 10.2 Å². The number of hydrogen-bond donors (Lipinski definition) is 1. The number of benzene rings is 1. The van der Waals surface area contributed by atoms with E-state index < -0.39 is 0 Å². The number of aromatic nitrogens is 1. The Labute approximate surface area is 133 Å². The van der Waals surface area contributed by atoms with Crippen molar-refractivity contribution in [3.05, 3.63) is 24.0 Å². The molecule has 0 aliphatic heterocycles. The number of nitrogens with zero attached hydrogens (tertiary/aromatic N) is 2. The second-order valence-electron chi connectivity index (χ2n) is 5.84. The van der Waals surface area contributed by atoms with Gasteiger partial charge in [0.15, 0.2) is 5.13 Å². The molecule has 6 heteroatoms. The van der Waals surface area contributed by atoms with Gasteiger partial charge in [-0.15, -0.1) is 0 Å². The normalized spacial score (nSPS) is 15.9. The number of carbonyl (C=O) groups is 1. The van der Waals surface area contributed by atoms with Gasteiger partial charge in [-0.1, -0.05) is 36.7 Å². The predicted octanol–water partition coefficient (Wildman–Crippen LogP) is 3.32. The van der Waals surface area contributed by atoms with Gasteiger partial charge in [-0.2, -0.15) is 0 Å². The average Bonchev–Trinajstić information content (AvgIpc) is 2.94. The highest BCUT2D eigenvalue weighted by Gasteiger charge is 2.18. The van der Waals surface area contributed by atoms with E-state index >= 15 is 0 Å². The van der Waals surface area contributed by atoms with E-state index in [1.165, 1.54) is 36.7 Å². The largest absolute Gasteiger partial charge is 0.352 e. The molecule has 1 saturated carbocycles. The number of amides is 1. The molecule has 1 aliphatic carbocycles. The summed E-state index contributed by atoms with van der Waals surface area (Å²) in [5, 5.41) is 3.75. The number of likely N-dealkylation sites (N-methyl/N-ethyl adjacent to an activating group) is 1. The van der Waals surface area contributed by atoms with Gasteiger partial charge in [-0.3, -0.25) is 4.79 Å². The lowest BCUT2D eigenvalue weighted by molar-refractivity contribution is -0.120. The van der Waals surface area contributed by atoms with Gasteiger partial charge in [0.1, 0.15) is 11.3 Å². The number of carbonyl (C=O) groups excluding carboxylic acids is 1. The van der Waals surface area contributed by atoms with Gasteiger partial charge in [0.25, 0.3) is 0 Å². The van der Waals surface area contributed by atoms with Crippen molar-refractivity contribution in [1.82, 2.24) is 10.3 Å². The van der Waals surface area contributed by atoms with Crippen molar-refractivity contribution in [2.75, 3.05) is 18.5 Å². The number of hydrogen-bond acceptors (Lipinski definition) is 4. The standard InChI is InChI=1S/C16H20FN3OS/c1-20(10-14(21)18-11-6-3-2-4-7-11)16-19-15-12(17)8-5-9-13(15)22-16/h5,8-9,11H,2-4,6-7,10H2,1H3,(H,18,21). The Morgan fingerprint density at radius 2 is 2.18 bits per heavy atom. The first kappa shape index (κ1) is 15.2. The molecular weight excluding hydrogens is 301 g/mol. The van der Waals surface area contributed by atoms with Crippen molar-refractivity contribution in [3.63, 3.8) is 0 Å². The summed E-state index contributed by atoms with van der Waals surface area (Å²) in [6, 6.07) is 5.23. The highest BCUT2D eigenvalue weighted by molar-refractivity contribution is 7.22. The van der Waals surface area contributed by atoms with Crippen LogP contribution in [0.1, 0.15) is 32.1 Å². The molecule has 0 unspecified atom stereocenters. The predicted molar refractivity (Wildman–Crippen MR) is 87.9 cm³/mol. The zero-order valence-electron chi connectivity index (χ0n) is 12.6. The highest BCUT2D eigenvalue weighted by atomic mass is 32.1. The molecule has 0 bridgehead atoms. The first-order chi connectivity index (χ1) is 10.6. The molecule has 3 rings (SSSR count). The number of nitrogens with one attached hydrogen (secondary N) is 1. The van der Waals surface area contributed by atoms with Crippen molar-refractivity contribution < 1.29 is 9.18 Å². The number of thiazole rings is 1. The molecular formula is C16H20FN3OS. The Morgan fingerprint density at radius 3 is 2.91 bits per heavy atom. The molecule has 1 amide bonds. The smallest absolute Gasteiger partial charge is 0.239 e. The van der Waals surface area contributed by atoms with E-state index in [4.69, 9.17) is 0 Å². The minimum absolute atomic E-state index is 0.00845. The zero-order chi connectivity index (χ0) is 15.5. The van der Waals surface area contributed by atoms with E-state index in [1.807, 2.05) is 13.1 Å². The molecule has 4 nitrogen and oxygen atoms in total. The summed E-state index contributed by atoms with van der Waals surface area (Å²) in [4.78, 5) is 18.2. The maximum Gasteiger partial charge on any atom is 0.239 e. The number of halogens is 1. The van der Waals surface area contributed by atoms with E-state index in [1.54, 1.807) is 11.0 Å². The zero-order valence-corrected chi connectivity index (χ0v) is 13.5. The molecule has 1 aromatic heterocycles. The number of para-hydroxylation sites is 1. The van der Waals surface area contributed by atoms with Crippen molar-refractivity contribution in [1.29, 1.82) is 0 Å². The summed E-state index contributed by atoms with van der Waals surface area (Å²) in [7, 11) is 1.82. The molecule has 1 aliphatic rings. The van der Waals surface area contributed by atoms with E-state index in [2.05, 4.69) is 10.3 Å². The summed E-state index contributed by atoms with van der Waals surface area (Å²) < 4.78 is 14.5. The Morgan fingerprint density at radius 1 is 1.41 bits per heavy atom. The van der Waals surface area contributed by atoms with E-state index in [9.17, 15) is 9.18 Å². The van der Waals surface area contributed by atoms with Crippen LogP contribution >= 0.6 is 11.3 Å². The minimum atomic E-state index is -0.319. The molecule has 2 aromatic rings. The van der Waals surface area contributed by atoms with Crippen molar-refractivity contribution in [2.45, 2.75) is 38.1 Å². The Hall–Kier alpha value is -1.69. The quantitative estimate of drug-likeness (QED) is 0.939. The van der Waals surface area contributed by atoms with Crippen LogP contribution in [0.2, 0.25) is 0 Å². The van der Waals surface area contributed by atoms with Gasteiger partial charge in [0.2, 0.25) is 5.91 Å². The summed E-state index contributed by atoms with van der Waals surface area (Å²) >= 11 is 1.40. The van der Waals surface area contributed by atoms with E-state index in [-0.39, 0.29) is 18.3 Å². The van der Waals surface area contributed by atoms with Crippen LogP contribution in [-0.2, 0) is 4.79 Å². The fraction of sp³-hybridized carbons (Fsp3) is 0.500. The number of fused-ring (bicyclic) bond motifs is 1. The molecule has 1 N–H and O–H groups in total. The molecule has 1 heterocycles. The van der Waals surface area contributed by atoms with E-state index in [0.717, 1.165) is 17.5 Å². The molecule has 0 atom stereocenters. The fourth-order valence-electron chi connectivity index (χ4n) is 2.87. The third-order valence-electron chi connectivity index (χ3n) is 4.04. The van der Waals surface area contributed by atoms with Crippen LogP contribution in [-0.4, -0.2) is 30.5 Å².